The molecule has 0 aliphatic rings. The molecule has 2 heteroatoms. The van der Waals surface area contributed by atoms with E-state index < -0.39 is 0 Å². The van der Waals surface area contributed by atoms with Crippen molar-refractivity contribution in [3.8, 4) is 0 Å². The Morgan fingerprint density at radius 3 is 0.800 bits per heavy atom. The zero-order valence-electron chi connectivity index (χ0n) is 38.4. The molecule has 0 spiro atoms. The van der Waals surface area contributed by atoms with Crippen LogP contribution < -0.4 is 0 Å². The molecule has 0 aliphatic carbocycles. The van der Waals surface area contributed by atoms with Crippen LogP contribution in [0, 0.1) is 0 Å². The van der Waals surface area contributed by atoms with Gasteiger partial charge in [-0.05, 0) is 38.5 Å². The maximum Gasteiger partial charge on any atom is 0.305 e. The summed E-state index contributed by atoms with van der Waals surface area (Å²) >= 11 is 0. The first-order valence-electron chi connectivity index (χ1n) is 26.1. The van der Waals surface area contributed by atoms with Crippen molar-refractivity contribution in [2.24, 2.45) is 0 Å². The summed E-state index contributed by atoms with van der Waals surface area (Å²) in [7, 11) is 0. The van der Waals surface area contributed by atoms with E-state index in [0.29, 0.717) is 13.0 Å². The zero-order valence-corrected chi connectivity index (χ0v) is 38.4. The first-order chi connectivity index (χ1) is 27.3. The van der Waals surface area contributed by atoms with Gasteiger partial charge in [0.05, 0.1) is 6.61 Å². The summed E-state index contributed by atoms with van der Waals surface area (Å²) in [6.45, 7) is 5.21. The Hall–Kier alpha value is -0.790. The molecule has 2 nitrogen and oxygen atoms in total. The van der Waals surface area contributed by atoms with Gasteiger partial charge in [0.15, 0.2) is 0 Å². The van der Waals surface area contributed by atoms with Crippen LogP contribution in [0.5, 0.6) is 0 Å². The predicted molar refractivity (Wildman–Crippen MR) is 248 cm³/mol. The van der Waals surface area contributed by atoms with E-state index in [2.05, 4.69) is 26.0 Å². The molecular weight excluding hydrogens is 669 g/mol. The molecule has 0 atom stereocenters. The zero-order chi connectivity index (χ0) is 39.6. The minimum Gasteiger partial charge on any atom is -0.466 e. The monoisotopic (exact) mass is 773 g/mol. The Kier molecular flexibility index (Phi) is 50.5. The first-order valence-corrected chi connectivity index (χ1v) is 26.1. The van der Waals surface area contributed by atoms with E-state index in [-0.39, 0.29) is 5.97 Å². The number of carbonyl (C=O) groups excluding carboxylic acids is 1. The Morgan fingerprint density at radius 2 is 0.509 bits per heavy atom. The number of unbranched alkanes of at least 4 members (excludes halogenated alkanes) is 43. The van der Waals surface area contributed by atoms with Crippen LogP contribution >= 0.6 is 0 Å². The summed E-state index contributed by atoms with van der Waals surface area (Å²) in [5.41, 5.74) is 0. The standard InChI is InChI=1S/C53H104O2/c1-3-5-7-9-11-13-15-17-18-19-20-21-22-23-24-25-26-27-28-29-30-31-32-33-34-35-36-37-38-40-42-44-46-48-50-52-55-53(54)51-49-47-45-43-41-39-16-14-12-10-8-6-4-2/h14,16H,3-13,15,17-52H2,1-2H3/b16-14-. The van der Waals surface area contributed by atoms with E-state index in [1.54, 1.807) is 0 Å². The van der Waals surface area contributed by atoms with Gasteiger partial charge in [-0.1, -0.05) is 283 Å². The molecule has 0 unspecified atom stereocenters. The highest BCUT2D eigenvalue weighted by Gasteiger charge is 2.03. The summed E-state index contributed by atoms with van der Waals surface area (Å²) in [5.74, 6) is 0.0205. The normalized spacial score (nSPS) is 11.7. The highest BCUT2D eigenvalue weighted by molar-refractivity contribution is 5.69. The fourth-order valence-corrected chi connectivity index (χ4v) is 8.25. The molecule has 0 aromatic heterocycles. The molecule has 0 aromatic carbocycles. The molecule has 328 valence electrons. The smallest absolute Gasteiger partial charge is 0.305 e. The largest absolute Gasteiger partial charge is 0.466 e. The van der Waals surface area contributed by atoms with Crippen LogP contribution in [0.2, 0.25) is 0 Å². The van der Waals surface area contributed by atoms with Crippen molar-refractivity contribution in [2.75, 3.05) is 6.61 Å². The minimum absolute atomic E-state index is 0.0205. The van der Waals surface area contributed by atoms with Crippen LogP contribution in [-0.2, 0) is 9.53 Å². The molecule has 0 N–H and O–H groups in total. The number of ether oxygens (including phenoxy) is 1. The van der Waals surface area contributed by atoms with E-state index >= 15 is 0 Å². The fraction of sp³-hybridized carbons (Fsp3) is 0.943. The van der Waals surface area contributed by atoms with Gasteiger partial charge in [0.2, 0.25) is 0 Å². The van der Waals surface area contributed by atoms with E-state index in [1.165, 1.54) is 276 Å². The van der Waals surface area contributed by atoms with Crippen molar-refractivity contribution in [1.82, 2.24) is 0 Å². The molecule has 55 heavy (non-hydrogen) atoms. The van der Waals surface area contributed by atoms with Crippen molar-refractivity contribution in [3.63, 3.8) is 0 Å². The van der Waals surface area contributed by atoms with Gasteiger partial charge in [0.25, 0.3) is 0 Å². The number of esters is 1. The molecule has 0 aromatic rings. The van der Waals surface area contributed by atoms with Crippen LogP contribution in [0.4, 0.5) is 0 Å². The summed E-state index contributed by atoms with van der Waals surface area (Å²) in [5, 5.41) is 0. The molecule has 0 saturated carbocycles. The lowest BCUT2D eigenvalue weighted by atomic mass is 10.0. The number of allylic oxidation sites excluding steroid dienone is 2. The van der Waals surface area contributed by atoms with E-state index in [0.717, 1.165) is 19.3 Å². The van der Waals surface area contributed by atoms with Crippen molar-refractivity contribution in [1.29, 1.82) is 0 Å². The molecule has 0 saturated heterocycles. The highest BCUT2D eigenvalue weighted by atomic mass is 16.5. The molecule has 0 amide bonds. The van der Waals surface area contributed by atoms with Gasteiger partial charge in [0.1, 0.15) is 0 Å². The lowest BCUT2D eigenvalue weighted by Gasteiger charge is -2.06. The van der Waals surface area contributed by atoms with Crippen LogP contribution in [0.15, 0.2) is 12.2 Å². The topological polar surface area (TPSA) is 26.3 Å². The fourth-order valence-electron chi connectivity index (χ4n) is 8.25. The average Bonchev–Trinajstić information content (AvgIpc) is 3.19. The molecule has 0 rings (SSSR count). The quantitative estimate of drug-likeness (QED) is 0.0350. The summed E-state index contributed by atoms with van der Waals surface area (Å²) < 4.78 is 5.47. The van der Waals surface area contributed by atoms with Gasteiger partial charge in [-0.3, -0.25) is 4.79 Å². The molecule has 0 fully saturated rings. The Bertz CT molecular complexity index is 713. The number of rotatable bonds is 49. The number of carbonyl (C=O) groups is 1. The van der Waals surface area contributed by atoms with Gasteiger partial charge in [-0.2, -0.15) is 0 Å². The Balaban J connectivity index is 3.13. The summed E-state index contributed by atoms with van der Waals surface area (Å²) in [6, 6.07) is 0. The SMILES string of the molecule is CCCCCC/C=C\CCCCCCCC(=O)OCCCCCCCCCCCCCCCCCCCCCCCCCCCCCCCCCCCCC. The Morgan fingerprint density at radius 1 is 0.291 bits per heavy atom. The molecule has 0 bridgehead atoms. The van der Waals surface area contributed by atoms with Gasteiger partial charge in [0, 0.05) is 6.42 Å². The van der Waals surface area contributed by atoms with Gasteiger partial charge in [-0.25, -0.2) is 0 Å². The molecule has 0 radical (unpaired) electrons. The minimum atomic E-state index is 0.0205. The molecular formula is C53H104O2. The van der Waals surface area contributed by atoms with Crippen molar-refractivity contribution < 1.29 is 9.53 Å². The van der Waals surface area contributed by atoms with Crippen LogP contribution in [-0.4, -0.2) is 12.6 Å². The lowest BCUT2D eigenvalue weighted by Crippen LogP contribution is -2.05. The number of hydrogen-bond donors (Lipinski definition) is 0. The second-order valence-corrected chi connectivity index (χ2v) is 17.9. The number of hydrogen-bond acceptors (Lipinski definition) is 2. The third-order valence-corrected chi connectivity index (χ3v) is 12.2. The van der Waals surface area contributed by atoms with E-state index in [9.17, 15) is 4.79 Å². The van der Waals surface area contributed by atoms with Crippen LogP contribution in [0.1, 0.15) is 316 Å². The second kappa shape index (κ2) is 51.2. The van der Waals surface area contributed by atoms with E-state index in [4.69, 9.17) is 4.74 Å². The second-order valence-electron chi connectivity index (χ2n) is 17.9. The van der Waals surface area contributed by atoms with Gasteiger partial charge < -0.3 is 4.74 Å². The third kappa shape index (κ3) is 51.2. The van der Waals surface area contributed by atoms with Crippen LogP contribution in [0.25, 0.3) is 0 Å². The van der Waals surface area contributed by atoms with Crippen molar-refractivity contribution in [2.45, 2.75) is 316 Å². The molecule has 0 heterocycles. The highest BCUT2D eigenvalue weighted by Crippen LogP contribution is 2.18. The lowest BCUT2D eigenvalue weighted by molar-refractivity contribution is -0.143. The predicted octanol–water partition coefficient (Wildman–Crippen LogP) is 19.5. The van der Waals surface area contributed by atoms with E-state index in [1.807, 2.05) is 0 Å². The summed E-state index contributed by atoms with van der Waals surface area (Å²) in [6.07, 6.45) is 69.5. The van der Waals surface area contributed by atoms with Crippen LogP contribution in [0.3, 0.4) is 0 Å². The summed E-state index contributed by atoms with van der Waals surface area (Å²) in [4.78, 5) is 12.0. The third-order valence-electron chi connectivity index (χ3n) is 12.2. The van der Waals surface area contributed by atoms with Crippen molar-refractivity contribution >= 4 is 5.97 Å². The average molecular weight is 773 g/mol. The molecule has 0 aliphatic heterocycles. The Labute approximate surface area is 348 Å². The maximum atomic E-state index is 12.0. The van der Waals surface area contributed by atoms with Gasteiger partial charge in [-0.15, -0.1) is 0 Å². The maximum absolute atomic E-state index is 12.0. The van der Waals surface area contributed by atoms with Crippen molar-refractivity contribution in [3.05, 3.63) is 12.2 Å². The van der Waals surface area contributed by atoms with Gasteiger partial charge >= 0.3 is 5.97 Å². The first kappa shape index (κ1) is 54.2.